The van der Waals surface area contributed by atoms with Crippen LogP contribution in [-0.2, 0) is 4.74 Å². The van der Waals surface area contributed by atoms with Gasteiger partial charge in [-0.1, -0.05) is 24.3 Å². The summed E-state index contributed by atoms with van der Waals surface area (Å²) in [6, 6.07) is 25.6. The van der Waals surface area contributed by atoms with Crippen molar-refractivity contribution in [2.75, 3.05) is 12.0 Å². The van der Waals surface area contributed by atoms with Gasteiger partial charge in [0.15, 0.2) is 5.11 Å². The number of carbonyl (C=O) groups excluding carboxylic acids is 1. The summed E-state index contributed by atoms with van der Waals surface area (Å²) in [4.78, 5) is 18.7. The van der Waals surface area contributed by atoms with Crippen molar-refractivity contribution in [1.29, 1.82) is 0 Å². The van der Waals surface area contributed by atoms with E-state index < -0.39 is 0 Å². The fourth-order valence-corrected chi connectivity index (χ4v) is 5.23. The number of carbonyl (C=O) groups is 1. The number of benzene rings is 2. The highest BCUT2D eigenvalue weighted by molar-refractivity contribution is 7.80. The summed E-state index contributed by atoms with van der Waals surface area (Å²) in [6.45, 7) is 4.21. The third-order valence-electron chi connectivity index (χ3n) is 6.47. The van der Waals surface area contributed by atoms with Gasteiger partial charge in [-0.15, -0.1) is 0 Å². The second-order valence-corrected chi connectivity index (χ2v) is 8.92. The first-order valence-corrected chi connectivity index (χ1v) is 11.8. The van der Waals surface area contributed by atoms with E-state index in [1.54, 1.807) is 12.1 Å². The number of esters is 1. The van der Waals surface area contributed by atoms with Crippen molar-refractivity contribution < 1.29 is 9.53 Å². The summed E-state index contributed by atoms with van der Waals surface area (Å²) in [5.74, 6) is -0.347. The predicted molar refractivity (Wildman–Crippen MR) is 141 cm³/mol. The molecule has 176 valence electrons. The van der Waals surface area contributed by atoms with Gasteiger partial charge in [-0.2, -0.15) is 0 Å². The Balaban J connectivity index is 1.62. The Bertz CT molecular complexity index is 1370. The highest BCUT2D eigenvalue weighted by Gasteiger charge is 2.42. The van der Waals surface area contributed by atoms with E-state index in [4.69, 9.17) is 17.0 Å². The number of hydrogen-bond acceptors (Lipinski definition) is 4. The first kappa shape index (κ1) is 22.8. The van der Waals surface area contributed by atoms with Crippen LogP contribution in [0.3, 0.4) is 0 Å². The number of aryl methyl sites for hydroxylation is 1. The molecule has 6 nitrogen and oxygen atoms in total. The number of hydrogen-bond donors (Lipinski definition) is 1. The molecule has 0 bridgehead atoms. The van der Waals surface area contributed by atoms with Gasteiger partial charge in [-0.05, 0) is 86.2 Å². The molecule has 2 atom stereocenters. The number of methoxy groups -OCH3 is 1. The van der Waals surface area contributed by atoms with Gasteiger partial charge in [0.05, 0.1) is 30.5 Å². The van der Waals surface area contributed by atoms with Gasteiger partial charge in [0, 0.05) is 29.0 Å². The molecule has 35 heavy (non-hydrogen) atoms. The number of thiocarbonyl (C=S) groups is 1. The molecule has 3 heterocycles. The quantitative estimate of drug-likeness (QED) is 0.301. The van der Waals surface area contributed by atoms with Crippen LogP contribution in [0.1, 0.15) is 45.1 Å². The van der Waals surface area contributed by atoms with Crippen LogP contribution >= 0.6 is 12.2 Å². The lowest BCUT2D eigenvalue weighted by atomic mass is 9.96. The average Bonchev–Trinajstić information content (AvgIpc) is 3.39. The third kappa shape index (κ3) is 4.08. The number of nitrogens with one attached hydrogen (secondary N) is 1. The van der Waals surface area contributed by atoms with Gasteiger partial charge in [0.2, 0.25) is 0 Å². The molecule has 2 aromatic heterocycles. The smallest absolute Gasteiger partial charge is 0.337 e. The minimum absolute atomic E-state index is 0.0888. The van der Waals surface area contributed by atoms with Crippen molar-refractivity contribution in [2.45, 2.75) is 25.9 Å². The summed E-state index contributed by atoms with van der Waals surface area (Å²) in [7, 11) is 1.39. The molecule has 1 fully saturated rings. The van der Waals surface area contributed by atoms with Crippen molar-refractivity contribution in [3.63, 3.8) is 0 Å². The van der Waals surface area contributed by atoms with E-state index in [2.05, 4.69) is 51.8 Å². The Morgan fingerprint density at radius 3 is 2.34 bits per heavy atom. The van der Waals surface area contributed by atoms with Crippen molar-refractivity contribution in [3.8, 4) is 5.69 Å². The zero-order valence-electron chi connectivity index (χ0n) is 19.8. The Labute approximate surface area is 210 Å². The van der Waals surface area contributed by atoms with Crippen LogP contribution in [0.4, 0.5) is 5.69 Å². The summed E-state index contributed by atoms with van der Waals surface area (Å²) < 4.78 is 7.05. The van der Waals surface area contributed by atoms with E-state index in [0.29, 0.717) is 10.7 Å². The molecule has 0 saturated carbocycles. The first-order valence-electron chi connectivity index (χ1n) is 11.4. The number of aromatic nitrogens is 2. The molecule has 1 saturated heterocycles. The second kappa shape index (κ2) is 9.35. The normalized spacial score (nSPS) is 17.3. The molecule has 4 aromatic rings. The standard InChI is InChI=1S/C28H26N4O2S/c1-18-17-23(19(2)31(18)22-14-12-20(13-15-22)27(33)34-3)26-25(24-11-7-8-16-29-24)30-28(35)32(26)21-9-5-4-6-10-21/h4-17,25-26H,1-3H3,(H,30,35)/t25-,26-/m0/s1. The summed E-state index contributed by atoms with van der Waals surface area (Å²) in [6.07, 6.45) is 1.81. The molecule has 0 aliphatic carbocycles. The van der Waals surface area contributed by atoms with Crippen LogP contribution in [0.25, 0.3) is 5.69 Å². The number of ether oxygens (including phenoxy) is 1. The minimum Gasteiger partial charge on any atom is -0.465 e. The van der Waals surface area contributed by atoms with Gasteiger partial charge in [-0.25, -0.2) is 4.79 Å². The lowest BCUT2D eigenvalue weighted by Gasteiger charge is -2.28. The molecule has 0 amide bonds. The largest absolute Gasteiger partial charge is 0.465 e. The summed E-state index contributed by atoms with van der Waals surface area (Å²) in [5.41, 5.74) is 6.82. The fraction of sp³-hybridized carbons (Fsp3) is 0.179. The van der Waals surface area contributed by atoms with E-state index in [0.717, 1.165) is 34.0 Å². The van der Waals surface area contributed by atoms with Crippen molar-refractivity contribution in [2.24, 2.45) is 0 Å². The Morgan fingerprint density at radius 1 is 0.971 bits per heavy atom. The maximum atomic E-state index is 11.9. The monoisotopic (exact) mass is 482 g/mol. The van der Waals surface area contributed by atoms with Crippen LogP contribution in [0, 0.1) is 13.8 Å². The SMILES string of the molecule is COC(=O)c1ccc(-n2c(C)cc([C@H]3[C@H](c4ccccn4)NC(=S)N3c3ccccc3)c2C)cc1. The van der Waals surface area contributed by atoms with Gasteiger partial charge >= 0.3 is 5.97 Å². The topological polar surface area (TPSA) is 59.4 Å². The maximum absolute atomic E-state index is 11.9. The molecular formula is C28H26N4O2S. The lowest BCUT2D eigenvalue weighted by Crippen LogP contribution is -2.29. The maximum Gasteiger partial charge on any atom is 0.337 e. The summed E-state index contributed by atoms with van der Waals surface area (Å²) in [5, 5.41) is 4.19. The molecule has 1 aliphatic rings. The number of pyridine rings is 1. The third-order valence-corrected chi connectivity index (χ3v) is 6.78. The molecule has 0 spiro atoms. The number of anilines is 1. The predicted octanol–water partition coefficient (Wildman–Crippen LogP) is 5.45. The fourth-order valence-electron chi connectivity index (χ4n) is 4.89. The van der Waals surface area contributed by atoms with Crippen LogP contribution < -0.4 is 10.2 Å². The van der Waals surface area contributed by atoms with Gasteiger partial charge in [0.25, 0.3) is 0 Å². The van der Waals surface area contributed by atoms with Crippen molar-refractivity contribution >= 4 is 29.0 Å². The van der Waals surface area contributed by atoms with E-state index in [-0.39, 0.29) is 18.1 Å². The van der Waals surface area contributed by atoms with E-state index in [1.165, 1.54) is 7.11 Å². The number of para-hydroxylation sites is 1. The molecular weight excluding hydrogens is 456 g/mol. The van der Waals surface area contributed by atoms with Crippen molar-refractivity contribution in [1.82, 2.24) is 14.9 Å². The lowest BCUT2D eigenvalue weighted by molar-refractivity contribution is 0.0600. The molecule has 1 N–H and O–H groups in total. The molecule has 1 aliphatic heterocycles. The Morgan fingerprint density at radius 2 is 1.69 bits per heavy atom. The van der Waals surface area contributed by atoms with Gasteiger partial charge in [0.1, 0.15) is 0 Å². The van der Waals surface area contributed by atoms with Crippen LogP contribution in [-0.4, -0.2) is 27.7 Å². The summed E-state index contributed by atoms with van der Waals surface area (Å²) >= 11 is 5.84. The number of nitrogens with zero attached hydrogens (tertiary/aromatic N) is 3. The minimum atomic E-state index is -0.347. The molecule has 0 radical (unpaired) electrons. The van der Waals surface area contributed by atoms with Gasteiger partial charge < -0.3 is 19.5 Å². The van der Waals surface area contributed by atoms with Crippen LogP contribution in [0.5, 0.6) is 0 Å². The highest BCUT2D eigenvalue weighted by atomic mass is 32.1. The Hall–Kier alpha value is -3.97. The van der Waals surface area contributed by atoms with Crippen molar-refractivity contribution in [3.05, 3.63) is 113 Å². The second-order valence-electron chi connectivity index (χ2n) is 8.53. The van der Waals surface area contributed by atoms with Gasteiger partial charge in [-0.3, -0.25) is 4.98 Å². The first-order chi connectivity index (χ1) is 17.0. The molecule has 7 heteroatoms. The zero-order valence-corrected chi connectivity index (χ0v) is 20.6. The Kier molecular flexibility index (Phi) is 6.09. The zero-order chi connectivity index (χ0) is 24.5. The van der Waals surface area contributed by atoms with E-state index >= 15 is 0 Å². The highest BCUT2D eigenvalue weighted by Crippen LogP contribution is 2.43. The van der Waals surface area contributed by atoms with E-state index in [1.807, 2.05) is 54.7 Å². The average molecular weight is 483 g/mol. The molecule has 0 unspecified atom stereocenters. The number of rotatable bonds is 5. The molecule has 5 rings (SSSR count). The van der Waals surface area contributed by atoms with Crippen LogP contribution in [0.15, 0.2) is 85.1 Å². The molecule has 2 aromatic carbocycles. The van der Waals surface area contributed by atoms with Crippen LogP contribution in [0.2, 0.25) is 0 Å². The van der Waals surface area contributed by atoms with E-state index in [9.17, 15) is 4.79 Å².